The molecule has 27 heavy (non-hydrogen) atoms. The molecule has 1 amide bonds. The van der Waals surface area contributed by atoms with Crippen molar-refractivity contribution in [2.24, 2.45) is 0 Å². The van der Waals surface area contributed by atoms with Crippen molar-refractivity contribution in [3.05, 3.63) is 96.1 Å². The summed E-state index contributed by atoms with van der Waals surface area (Å²) in [5.74, 6) is 0.688. The van der Waals surface area contributed by atoms with Crippen LogP contribution in [0.3, 0.4) is 0 Å². The lowest BCUT2D eigenvalue weighted by molar-refractivity contribution is -0.125. The standard InChI is InChI=1S/C22H21N3O2/c1-25(16-19-6-2-4-14-23-19)22(26)13-10-18-8-11-21(12-9-18)27-17-20-7-3-5-15-24-20/h2-15H,16-17H2,1H3/b13-10+. The second-order valence-electron chi connectivity index (χ2n) is 6.03. The van der Waals surface area contributed by atoms with Gasteiger partial charge in [0.25, 0.3) is 0 Å². The van der Waals surface area contributed by atoms with E-state index in [2.05, 4.69) is 9.97 Å². The maximum absolute atomic E-state index is 12.2. The van der Waals surface area contributed by atoms with E-state index in [1.165, 1.54) is 0 Å². The van der Waals surface area contributed by atoms with Crippen molar-refractivity contribution in [3.8, 4) is 5.75 Å². The number of pyridine rings is 2. The number of aromatic nitrogens is 2. The highest BCUT2D eigenvalue weighted by molar-refractivity contribution is 5.91. The highest BCUT2D eigenvalue weighted by Gasteiger charge is 2.06. The van der Waals surface area contributed by atoms with E-state index in [-0.39, 0.29) is 5.91 Å². The van der Waals surface area contributed by atoms with Gasteiger partial charge in [0.05, 0.1) is 17.9 Å². The van der Waals surface area contributed by atoms with E-state index >= 15 is 0 Å². The summed E-state index contributed by atoms with van der Waals surface area (Å²) < 4.78 is 5.71. The van der Waals surface area contributed by atoms with E-state index in [4.69, 9.17) is 4.74 Å². The van der Waals surface area contributed by atoms with Gasteiger partial charge in [0.1, 0.15) is 12.4 Å². The van der Waals surface area contributed by atoms with Gasteiger partial charge in [-0.05, 0) is 48.0 Å². The molecular weight excluding hydrogens is 338 g/mol. The number of hydrogen-bond acceptors (Lipinski definition) is 4. The van der Waals surface area contributed by atoms with E-state index in [1.807, 2.05) is 60.7 Å². The fourth-order valence-electron chi connectivity index (χ4n) is 2.42. The van der Waals surface area contributed by atoms with E-state index in [9.17, 15) is 4.79 Å². The fraction of sp³-hybridized carbons (Fsp3) is 0.136. The minimum absolute atomic E-state index is 0.0730. The van der Waals surface area contributed by atoms with Gasteiger partial charge < -0.3 is 9.64 Å². The summed E-state index contributed by atoms with van der Waals surface area (Å²) in [5, 5.41) is 0. The Kier molecular flexibility index (Phi) is 6.30. The van der Waals surface area contributed by atoms with Crippen LogP contribution in [0.5, 0.6) is 5.75 Å². The summed E-state index contributed by atoms with van der Waals surface area (Å²) in [6.45, 7) is 0.900. The molecule has 0 fully saturated rings. The number of rotatable bonds is 7. The largest absolute Gasteiger partial charge is 0.487 e. The van der Waals surface area contributed by atoms with Gasteiger partial charge in [-0.3, -0.25) is 14.8 Å². The third kappa shape index (κ3) is 5.78. The van der Waals surface area contributed by atoms with Crippen molar-refractivity contribution in [2.45, 2.75) is 13.2 Å². The molecule has 0 atom stereocenters. The third-order valence-corrected chi connectivity index (χ3v) is 3.91. The minimum atomic E-state index is -0.0730. The average Bonchev–Trinajstić information content (AvgIpc) is 2.72. The van der Waals surface area contributed by atoms with Gasteiger partial charge in [-0.15, -0.1) is 0 Å². The Morgan fingerprint density at radius 1 is 0.963 bits per heavy atom. The normalized spacial score (nSPS) is 10.7. The molecule has 0 aliphatic carbocycles. The van der Waals surface area contributed by atoms with Crippen LogP contribution in [0.1, 0.15) is 17.0 Å². The topological polar surface area (TPSA) is 55.3 Å². The number of carbonyl (C=O) groups is 1. The van der Waals surface area contributed by atoms with Crippen LogP contribution in [0.15, 0.2) is 79.1 Å². The van der Waals surface area contributed by atoms with Crippen LogP contribution in [-0.2, 0) is 17.9 Å². The van der Waals surface area contributed by atoms with E-state index in [1.54, 1.807) is 36.5 Å². The SMILES string of the molecule is CN(Cc1ccccn1)C(=O)/C=C/c1ccc(OCc2ccccn2)cc1. The van der Waals surface area contributed by atoms with Crippen LogP contribution in [0, 0.1) is 0 Å². The third-order valence-electron chi connectivity index (χ3n) is 3.91. The molecule has 5 heteroatoms. The van der Waals surface area contributed by atoms with Gasteiger partial charge in [0, 0.05) is 25.5 Å². The van der Waals surface area contributed by atoms with Gasteiger partial charge in [-0.2, -0.15) is 0 Å². The highest BCUT2D eigenvalue weighted by Crippen LogP contribution is 2.15. The zero-order valence-electron chi connectivity index (χ0n) is 15.2. The maximum atomic E-state index is 12.2. The zero-order chi connectivity index (χ0) is 18.9. The van der Waals surface area contributed by atoms with Gasteiger partial charge in [0.2, 0.25) is 5.91 Å². The first-order chi connectivity index (χ1) is 13.2. The lowest BCUT2D eigenvalue weighted by Crippen LogP contribution is -2.24. The first-order valence-electron chi connectivity index (χ1n) is 8.66. The molecule has 0 aliphatic rings. The van der Waals surface area contributed by atoms with Crippen LogP contribution >= 0.6 is 0 Å². The van der Waals surface area contributed by atoms with E-state index in [0.717, 1.165) is 22.7 Å². The summed E-state index contributed by atoms with van der Waals surface area (Å²) in [6, 6.07) is 19.0. The molecule has 3 rings (SSSR count). The van der Waals surface area contributed by atoms with Gasteiger partial charge in [-0.25, -0.2) is 0 Å². The second-order valence-corrected chi connectivity index (χ2v) is 6.03. The molecule has 3 aromatic rings. The Morgan fingerprint density at radius 2 is 1.63 bits per heavy atom. The van der Waals surface area contributed by atoms with Gasteiger partial charge in [-0.1, -0.05) is 24.3 Å². The molecule has 2 heterocycles. The summed E-state index contributed by atoms with van der Waals surface area (Å²) >= 11 is 0. The molecule has 136 valence electrons. The predicted molar refractivity (Wildman–Crippen MR) is 105 cm³/mol. The maximum Gasteiger partial charge on any atom is 0.246 e. The predicted octanol–water partition coefficient (Wildman–Crippen LogP) is 3.73. The van der Waals surface area contributed by atoms with Crippen LogP contribution < -0.4 is 4.74 Å². The van der Waals surface area contributed by atoms with Crippen molar-refractivity contribution in [3.63, 3.8) is 0 Å². The molecule has 0 saturated heterocycles. The first kappa shape index (κ1) is 18.3. The van der Waals surface area contributed by atoms with Crippen LogP contribution in [-0.4, -0.2) is 27.8 Å². The Morgan fingerprint density at radius 3 is 2.26 bits per heavy atom. The molecule has 0 spiro atoms. The molecule has 0 N–H and O–H groups in total. The van der Waals surface area contributed by atoms with Crippen LogP contribution in [0.2, 0.25) is 0 Å². The Labute approximate surface area is 159 Å². The zero-order valence-corrected chi connectivity index (χ0v) is 15.2. The minimum Gasteiger partial charge on any atom is -0.487 e. The summed E-state index contributed by atoms with van der Waals surface area (Å²) in [7, 11) is 1.76. The number of hydrogen-bond donors (Lipinski definition) is 0. The number of carbonyl (C=O) groups excluding carboxylic acids is 1. The van der Waals surface area contributed by atoms with Crippen molar-refractivity contribution >= 4 is 12.0 Å². The second kappa shape index (κ2) is 9.29. The lowest BCUT2D eigenvalue weighted by atomic mass is 10.2. The fourth-order valence-corrected chi connectivity index (χ4v) is 2.42. The average molecular weight is 359 g/mol. The molecule has 0 radical (unpaired) electrons. The molecule has 2 aromatic heterocycles. The molecule has 0 bridgehead atoms. The van der Waals surface area contributed by atoms with Crippen molar-refractivity contribution in [2.75, 3.05) is 7.05 Å². The molecule has 0 unspecified atom stereocenters. The van der Waals surface area contributed by atoms with Crippen molar-refractivity contribution in [1.82, 2.24) is 14.9 Å². The Balaban J connectivity index is 1.51. The molecule has 0 aliphatic heterocycles. The van der Waals surface area contributed by atoms with E-state index < -0.39 is 0 Å². The molecule has 0 saturated carbocycles. The van der Waals surface area contributed by atoms with Crippen molar-refractivity contribution in [1.29, 1.82) is 0 Å². The van der Waals surface area contributed by atoms with Crippen molar-refractivity contribution < 1.29 is 9.53 Å². The molecular formula is C22H21N3O2. The molecule has 1 aromatic carbocycles. The number of ether oxygens (including phenoxy) is 1. The smallest absolute Gasteiger partial charge is 0.246 e. The molecule has 5 nitrogen and oxygen atoms in total. The van der Waals surface area contributed by atoms with Crippen LogP contribution in [0.4, 0.5) is 0 Å². The highest BCUT2D eigenvalue weighted by atomic mass is 16.5. The monoisotopic (exact) mass is 359 g/mol. The Bertz CT molecular complexity index is 878. The number of likely N-dealkylation sites (N-methyl/N-ethyl adjacent to an activating group) is 1. The van der Waals surface area contributed by atoms with Gasteiger partial charge >= 0.3 is 0 Å². The summed E-state index contributed by atoms with van der Waals surface area (Å²) in [5.41, 5.74) is 2.67. The summed E-state index contributed by atoms with van der Waals surface area (Å²) in [6.07, 6.45) is 6.82. The van der Waals surface area contributed by atoms with Crippen LogP contribution in [0.25, 0.3) is 6.08 Å². The van der Waals surface area contributed by atoms with Gasteiger partial charge in [0.15, 0.2) is 0 Å². The quantitative estimate of drug-likeness (QED) is 0.603. The first-order valence-corrected chi connectivity index (χ1v) is 8.66. The summed E-state index contributed by atoms with van der Waals surface area (Å²) in [4.78, 5) is 22.3. The lowest BCUT2D eigenvalue weighted by Gasteiger charge is -2.14. The number of nitrogens with zero attached hydrogens (tertiary/aromatic N) is 3. The number of benzene rings is 1. The van der Waals surface area contributed by atoms with E-state index in [0.29, 0.717) is 13.2 Å². The number of amides is 1. The Hall–Kier alpha value is -3.47.